The number of hydrogen-bond acceptors (Lipinski definition) is 4. The molecule has 2 saturated heterocycles. The first kappa shape index (κ1) is 24.4. The van der Waals surface area contributed by atoms with Gasteiger partial charge >= 0.3 is 0 Å². The van der Waals surface area contributed by atoms with E-state index in [0.29, 0.717) is 38.8 Å². The van der Waals surface area contributed by atoms with Crippen molar-refractivity contribution in [2.75, 3.05) is 51.3 Å². The molecule has 32 heavy (non-hydrogen) atoms. The van der Waals surface area contributed by atoms with Crippen LogP contribution in [0.5, 0.6) is 0 Å². The van der Waals surface area contributed by atoms with Crippen LogP contribution in [0.2, 0.25) is 0 Å². The SMILES string of the molecule is CN=C(NCC1(c2cccc(F)c2)CCOCC1)N1CCN(c2cnn(C)c2)C(=O)C1.I. The summed E-state index contributed by atoms with van der Waals surface area (Å²) in [4.78, 5) is 20.9. The third-order valence-electron chi connectivity index (χ3n) is 6.21. The van der Waals surface area contributed by atoms with E-state index in [2.05, 4.69) is 15.4 Å². The number of aliphatic imine (C=N–C) groups is 1. The highest BCUT2D eigenvalue weighted by Crippen LogP contribution is 2.34. The Morgan fingerprint density at radius 2 is 2.09 bits per heavy atom. The van der Waals surface area contributed by atoms with Crippen LogP contribution in [0.15, 0.2) is 41.7 Å². The summed E-state index contributed by atoms with van der Waals surface area (Å²) in [7, 11) is 3.56. The summed E-state index contributed by atoms with van der Waals surface area (Å²) in [6.45, 7) is 3.34. The van der Waals surface area contributed by atoms with Gasteiger partial charge in [0.05, 0.1) is 11.9 Å². The number of hydrogen-bond donors (Lipinski definition) is 1. The molecule has 2 fully saturated rings. The molecule has 0 unspecified atom stereocenters. The van der Waals surface area contributed by atoms with Crippen LogP contribution in [0.4, 0.5) is 10.1 Å². The quantitative estimate of drug-likeness (QED) is 0.355. The number of nitrogens with one attached hydrogen (secondary N) is 1. The average Bonchev–Trinajstić information content (AvgIpc) is 3.21. The Hall–Kier alpha value is -2.21. The van der Waals surface area contributed by atoms with Gasteiger partial charge in [0.15, 0.2) is 5.96 Å². The van der Waals surface area contributed by atoms with Gasteiger partial charge in [-0.2, -0.15) is 5.10 Å². The Kier molecular flexibility index (Phi) is 8.10. The normalized spacial score (nSPS) is 19.0. The number of guanidine groups is 1. The molecule has 10 heteroatoms. The van der Waals surface area contributed by atoms with Crippen LogP contribution in [-0.2, 0) is 22.0 Å². The molecule has 1 N–H and O–H groups in total. The minimum Gasteiger partial charge on any atom is -0.381 e. The average molecular weight is 556 g/mol. The molecule has 0 saturated carbocycles. The Bertz CT molecular complexity index is 959. The standard InChI is InChI=1S/C22H29FN6O2.HI/c1-24-21(28-8-9-29(20(30)15-28)19-13-26-27(2)14-19)25-16-22(6-10-31-11-7-22)17-4-3-5-18(23)12-17;/h3-5,12-14H,6-11,15-16H2,1-2H3,(H,24,25);1H. The third-order valence-corrected chi connectivity index (χ3v) is 6.21. The molecule has 0 atom stereocenters. The highest BCUT2D eigenvalue weighted by molar-refractivity contribution is 14.0. The number of amides is 1. The first-order chi connectivity index (χ1) is 15.0. The maximum Gasteiger partial charge on any atom is 0.246 e. The summed E-state index contributed by atoms with van der Waals surface area (Å²) in [6, 6.07) is 6.82. The second-order valence-corrected chi connectivity index (χ2v) is 8.14. The molecule has 2 aliphatic rings. The summed E-state index contributed by atoms with van der Waals surface area (Å²) in [5, 5.41) is 7.61. The van der Waals surface area contributed by atoms with Crippen LogP contribution in [0.3, 0.4) is 0 Å². The molecule has 3 heterocycles. The highest BCUT2D eigenvalue weighted by atomic mass is 127. The van der Waals surface area contributed by atoms with E-state index >= 15 is 0 Å². The van der Waals surface area contributed by atoms with Crippen LogP contribution < -0.4 is 10.2 Å². The van der Waals surface area contributed by atoms with E-state index in [1.165, 1.54) is 6.07 Å². The number of benzene rings is 1. The molecule has 8 nitrogen and oxygen atoms in total. The zero-order chi connectivity index (χ0) is 21.8. The maximum absolute atomic E-state index is 13.9. The molecule has 174 valence electrons. The molecule has 4 rings (SSSR count). The minimum atomic E-state index is -0.238. The maximum atomic E-state index is 13.9. The number of ether oxygens (including phenoxy) is 1. The largest absolute Gasteiger partial charge is 0.381 e. The number of carbonyl (C=O) groups is 1. The summed E-state index contributed by atoms with van der Waals surface area (Å²) in [6.07, 6.45) is 5.14. The zero-order valence-corrected chi connectivity index (χ0v) is 20.8. The van der Waals surface area contributed by atoms with Crippen molar-refractivity contribution in [1.29, 1.82) is 0 Å². The fourth-order valence-electron chi connectivity index (χ4n) is 4.40. The molecule has 0 bridgehead atoms. The lowest BCUT2D eigenvalue weighted by molar-refractivity contribution is -0.120. The van der Waals surface area contributed by atoms with E-state index in [0.717, 1.165) is 24.1 Å². The number of piperazine rings is 1. The smallest absolute Gasteiger partial charge is 0.246 e. The van der Waals surface area contributed by atoms with Gasteiger partial charge in [0.1, 0.15) is 12.4 Å². The van der Waals surface area contributed by atoms with Crippen molar-refractivity contribution >= 4 is 41.5 Å². The molecule has 2 aromatic rings. The molecule has 1 aromatic carbocycles. The van der Waals surface area contributed by atoms with E-state index < -0.39 is 0 Å². The van der Waals surface area contributed by atoms with E-state index in [1.54, 1.807) is 35.0 Å². The van der Waals surface area contributed by atoms with Gasteiger partial charge in [-0.15, -0.1) is 24.0 Å². The molecular formula is C22H30FIN6O2. The summed E-state index contributed by atoms with van der Waals surface area (Å²) in [5.41, 5.74) is 1.54. The first-order valence-corrected chi connectivity index (χ1v) is 10.6. The van der Waals surface area contributed by atoms with E-state index in [4.69, 9.17) is 4.74 Å². The van der Waals surface area contributed by atoms with E-state index in [9.17, 15) is 9.18 Å². The Morgan fingerprint density at radius 3 is 2.72 bits per heavy atom. The molecule has 1 amide bonds. The second kappa shape index (κ2) is 10.6. The summed E-state index contributed by atoms with van der Waals surface area (Å²) in [5.74, 6) is 0.458. The number of aromatic nitrogens is 2. The van der Waals surface area contributed by atoms with Crippen molar-refractivity contribution in [2.45, 2.75) is 18.3 Å². The lowest BCUT2D eigenvalue weighted by Crippen LogP contribution is -2.57. The highest BCUT2D eigenvalue weighted by Gasteiger charge is 2.36. The lowest BCUT2D eigenvalue weighted by Gasteiger charge is -2.40. The van der Waals surface area contributed by atoms with Gasteiger partial charge in [-0.25, -0.2) is 4.39 Å². The molecule has 0 spiro atoms. The van der Waals surface area contributed by atoms with Crippen molar-refractivity contribution in [2.24, 2.45) is 12.0 Å². The van der Waals surface area contributed by atoms with Crippen molar-refractivity contribution in [3.8, 4) is 0 Å². The molecule has 0 radical (unpaired) electrons. The molecule has 2 aliphatic heterocycles. The molecule has 1 aromatic heterocycles. The van der Waals surface area contributed by atoms with Crippen molar-refractivity contribution in [3.05, 3.63) is 48.0 Å². The van der Waals surface area contributed by atoms with Gasteiger partial charge in [0.25, 0.3) is 0 Å². The zero-order valence-electron chi connectivity index (χ0n) is 18.5. The molecular weight excluding hydrogens is 526 g/mol. The number of anilines is 1. The van der Waals surface area contributed by atoms with Gasteiger partial charge in [0, 0.05) is 58.6 Å². The van der Waals surface area contributed by atoms with E-state index in [-0.39, 0.29) is 47.7 Å². The Morgan fingerprint density at radius 1 is 1.31 bits per heavy atom. The van der Waals surface area contributed by atoms with Crippen molar-refractivity contribution < 1.29 is 13.9 Å². The van der Waals surface area contributed by atoms with Gasteiger partial charge in [0.2, 0.25) is 5.91 Å². The molecule has 0 aliphatic carbocycles. The number of nitrogens with zero attached hydrogens (tertiary/aromatic N) is 5. The fraction of sp³-hybridized carbons (Fsp3) is 0.500. The van der Waals surface area contributed by atoms with E-state index in [1.807, 2.05) is 24.2 Å². The lowest BCUT2D eigenvalue weighted by atomic mass is 9.74. The Labute approximate surface area is 204 Å². The van der Waals surface area contributed by atoms with Gasteiger partial charge in [-0.05, 0) is 30.5 Å². The van der Waals surface area contributed by atoms with Crippen LogP contribution in [0, 0.1) is 5.82 Å². The van der Waals surface area contributed by atoms with Crippen molar-refractivity contribution in [3.63, 3.8) is 0 Å². The van der Waals surface area contributed by atoms with Gasteiger partial charge < -0.3 is 19.9 Å². The van der Waals surface area contributed by atoms with Crippen LogP contribution >= 0.6 is 24.0 Å². The predicted octanol–water partition coefficient (Wildman–Crippen LogP) is 2.15. The van der Waals surface area contributed by atoms with Gasteiger partial charge in [-0.1, -0.05) is 12.1 Å². The van der Waals surface area contributed by atoms with Crippen LogP contribution in [0.1, 0.15) is 18.4 Å². The summed E-state index contributed by atoms with van der Waals surface area (Å²) >= 11 is 0. The monoisotopic (exact) mass is 556 g/mol. The third kappa shape index (κ3) is 5.22. The number of halogens is 2. The first-order valence-electron chi connectivity index (χ1n) is 10.6. The number of carbonyl (C=O) groups excluding carboxylic acids is 1. The number of rotatable bonds is 4. The number of aryl methyl sites for hydroxylation is 1. The fourth-order valence-corrected chi connectivity index (χ4v) is 4.40. The van der Waals surface area contributed by atoms with Crippen molar-refractivity contribution in [1.82, 2.24) is 20.0 Å². The van der Waals surface area contributed by atoms with Crippen LogP contribution in [-0.4, -0.2) is 73.0 Å². The minimum absolute atomic E-state index is 0. The Balaban J connectivity index is 0.00000289. The van der Waals surface area contributed by atoms with Gasteiger partial charge in [-0.3, -0.25) is 14.5 Å². The predicted molar refractivity (Wildman–Crippen MR) is 132 cm³/mol. The second-order valence-electron chi connectivity index (χ2n) is 8.14. The summed E-state index contributed by atoms with van der Waals surface area (Å²) < 4.78 is 21.2. The topological polar surface area (TPSA) is 75.0 Å². The van der Waals surface area contributed by atoms with Crippen LogP contribution in [0.25, 0.3) is 0 Å².